The summed E-state index contributed by atoms with van der Waals surface area (Å²) < 4.78 is 10.5. The molecule has 0 bridgehead atoms. The molecule has 1 aromatic heterocycles. The van der Waals surface area contributed by atoms with Gasteiger partial charge in [-0.1, -0.05) is 17.7 Å². The van der Waals surface area contributed by atoms with Gasteiger partial charge in [0.2, 0.25) is 0 Å². The predicted molar refractivity (Wildman–Crippen MR) is 118 cm³/mol. The summed E-state index contributed by atoms with van der Waals surface area (Å²) in [7, 11) is 1.65. The van der Waals surface area contributed by atoms with E-state index in [9.17, 15) is 4.79 Å². The van der Waals surface area contributed by atoms with Crippen LogP contribution >= 0.6 is 0 Å². The number of methoxy groups -OCH3 is 1. The molecule has 2 aromatic carbocycles. The molecule has 1 saturated heterocycles. The standard InChI is InChI=1S/C25H28N2O3/c1-19-3-5-21(6-4-19)25(28)27(22-7-9-24(29-2)10-8-22)23-11-14-26(15-12-23)17-20-13-16-30-18-20/h3-10,13,16,18,23H,11-12,14-15,17H2,1-2H3. The molecule has 0 aliphatic carbocycles. The fourth-order valence-corrected chi connectivity index (χ4v) is 4.05. The number of piperidine rings is 1. The van der Waals surface area contributed by atoms with Gasteiger partial charge in [0.15, 0.2) is 0 Å². The van der Waals surface area contributed by atoms with E-state index in [0.29, 0.717) is 0 Å². The Morgan fingerprint density at radius 2 is 1.77 bits per heavy atom. The lowest BCUT2D eigenvalue weighted by molar-refractivity contribution is 0.0958. The lowest BCUT2D eigenvalue weighted by Gasteiger charge is -2.38. The van der Waals surface area contributed by atoms with Crippen molar-refractivity contribution in [2.45, 2.75) is 32.4 Å². The molecule has 5 nitrogen and oxygen atoms in total. The molecule has 5 heteroatoms. The molecule has 0 saturated carbocycles. The van der Waals surface area contributed by atoms with Crippen LogP contribution in [0.1, 0.15) is 34.3 Å². The van der Waals surface area contributed by atoms with Crippen LogP contribution in [0, 0.1) is 6.92 Å². The first kappa shape index (κ1) is 20.2. The molecule has 4 rings (SSSR count). The third-order valence-electron chi connectivity index (χ3n) is 5.78. The Labute approximate surface area is 177 Å². The monoisotopic (exact) mass is 404 g/mol. The van der Waals surface area contributed by atoms with E-state index in [1.807, 2.05) is 66.4 Å². The lowest BCUT2D eigenvalue weighted by atomic mass is 10.00. The Hall–Kier alpha value is -3.05. The zero-order valence-corrected chi connectivity index (χ0v) is 17.6. The molecule has 30 heavy (non-hydrogen) atoms. The van der Waals surface area contributed by atoms with Crippen molar-refractivity contribution in [2.75, 3.05) is 25.1 Å². The van der Waals surface area contributed by atoms with Crippen LogP contribution in [-0.2, 0) is 6.54 Å². The van der Waals surface area contributed by atoms with E-state index in [0.717, 1.165) is 55.0 Å². The van der Waals surface area contributed by atoms with Crippen molar-refractivity contribution in [2.24, 2.45) is 0 Å². The first-order valence-electron chi connectivity index (χ1n) is 10.4. The van der Waals surface area contributed by atoms with Crippen molar-refractivity contribution >= 4 is 11.6 Å². The highest BCUT2D eigenvalue weighted by molar-refractivity contribution is 6.06. The molecule has 3 aromatic rings. The number of aryl methyl sites for hydroxylation is 1. The van der Waals surface area contributed by atoms with E-state index >= 15 is 0 Å². The maximum absolute atomic E-state index is 13.5. The SMILES string of the molecule is COc1ccc(N(C(=O)c2ccc(C)cc2)C2CCN(Cc3ccoc3)CC2)cc1. The van der Waals surface area contributed by atoms with E-state index < -0.39 is 0 Å². The number of ether oxygens (including phenoxy) is 1. The highest BCUT2D eigenvalue weighted by Crippen LogP contribution is 2.28. The van der Waals surface area contributed by atoms with Gasteiger partial charge in [-0.25, -0.2) is 0 Å². The van der Waals surface area contributed by atoms with Gasteiger partial charge in [0.1, 0.15) is 5.75 Å². The second kappa shape index (κ2) is 9.18. The molecular formula is C25H28N2O3. The minimum Gasteiger partial charge on any atom is -0.497 e. The van der Waals surface area contributed by atoms with E-state index in [-0.39, 0.29) is 11.9 Å². The van der Waals surface area contributed by atoms with Gasteiger partial charge in [-0.2, -0.15) is 0 Å². The molecule has 156 valence electrons. The minimum atomic E-state index is 0.0495. The van der Waals surface area contributed by atoms with Crippen LogP contribution in [0.2, 0.25) is 0 Å². The summed E-state index contributed by atoms with van der Waals surface area (Å²) in [4.78, 5) is 17.9. The van der Waals surface area contributed by atoms with Crippen LogP contribution in [0.15, 0.2) is 71.5 Å². The maximum atomic E-state index is 13.5. The summed E-state index contributed by atoms with van der Waals surface area (Å²) in [5.41, 5.74) is 3.97. The van der Waals surface area contributed by atoms with Gasteiger partial charge in [-0.15, -0.1) is 0 Å². The fraction of sp³-hybridized carbons (Fsp3) is 0.320. The van der Waals surface area contributed by atoms with Gasteiger partial charge in [0.25, 0.3) is 5.91 Å². The Morgan fingerprint density at radius 3 is 2.37 bits per heavy atom. The van der Waals surface area contributed by atoms with Crippen molar-refractivity contribution in [3.05, 3.63) is 83.8 Å². The van der Waals surface area contributed by atoms with E-state index in [2.05, 4.69) is 4.90 Å². The molecule has 0 atom stereocenters. The first-order valence-corrected chi connectivity index (χ1v) is 10.4. The van der Waals surface area contributed by atoms with Gasteiger partial charge < -0.3 is 14.1 Å². The maximum Gasteiger partial charge on any atom is 0.258 e. The first-order chi connectivity index (χ1) is 14.6. The van der Waals surface area contributed by atoms with E-state index in [1.165, 1.54) is 5.56 Å². The molecule has 1 aliphatic rings. The smallest absolute Gasteiger partial charge is 0.258 e. The van der Waals surface area contributed by atoms with Crippen LogP contribution in [0.25, 0.3) is 0 Å². The van der Waals surface area contributed by atoms with E-state index in [1.54, 1.807) is 19.6 Å². The number of nitrogens with zero attached hydrogens (tertiary/aromatic N) is 2. The second-order valence-corrected chi connectivity index (χ2v) is 7.88. The quantitative estimate of drug-likeness (QED) is 0.586. The summed E-state index contributed by atoms with van der Waals surface area (Å²) >= 11 is 0. The molecule has 2 heterocycles. The third kappa shape index (κ3) is 4.57. The number of hydrogen-bond donors (Lipinski definition) is 0. The average molecular weight is 405 g/mol. The molecule has 1 aliphatic heterocycles. The molecule has 1 fully saturated rings. The number of hydrogen-bond acceptors (Lipinski definition) is 4. The van der Waals surface area contributed by atoms with Gasteiger partial charge in [0, 0.05) is 42.5 Å². The summed E-state index contributed by atoms with van der Waals surface area (Å²) in [6.07, 6.45) is 5.38. The zero-order valence-electron chi connectivity index (χ0n) is 17.6. The number of furan rings is 1. The molecule has 0 unspecified atom stereocenters. The Kier molecular flexibility index (Phi) is 6.19. The van der Waals surface area contributed by atoms with Crippen LogP contribution in [0.4, 0.5) is 5.69 Å². The molecule has 0 radical (unpaired) electrons. The highest BCUT2D eigenvalue weighted by Gasteiger charge is 2.30. The van der Waals surface area contributed by atoms with Crippen molar-refractivity contribution in [3.8, 4) is 5.75 Å². The summed E-state index contributed by atoms with van der Waals surface area (Å²) in [6, 6.07) is 17.8. The molecule has 1 amide bonds. The summed E-state index contributed by atoms with van der Waals surface area (Å²) in [5.74, 6) is 0.838. The Balaban J connectivity index is 1.54. The van der Waals surface area contributed by atoms with Crippen molar-refractivity contribution in [3.63, 3.8) is 0 Å². The van der Waals surface area contributed by atoms with Crippen LogP contribution in [0.5, 0.6) is 5.75 Å². The van der Waals surface area contributed by atoms with Gasteiger partial charge in [-0.05, 0) is 62.2 Å². The number of likely N-dealkylation sites (tertiary alicyclic amines) is 1. The fourth-order valence-electron chi connectivity index (χ4n) is 4.05. The van der Waals surface area contributed by atoms with Gasteiger partial charge in [-0.3, -0.25) is 9.69 Å². The van der Waals surface area contributed by atoms with Crippen LogP contribution in [0.3, 0.4) is 0 Å². The van der Waals surface area contributed by atoms with Crippen LogP contribution in [-0.4, -0.2) is 37.0 Å². The van der Waals surface area contributed by atoms with Gasteiger partial charge in [0.05, 0.1) is 19.6 Å². The summed E-state index contributed by atoms with van der Waals surface area (Å²) in [5, 5.41) is 0. The van der Waals surface area contributed by atoms with Crippen molar-refractivity contribution < 1.29 is 13.9 Å². The lowest BCUT2D eigenvalue weighted by Crippen LogP contribution is -2.47. The number of benzene rings is 2. The number of carbonyl (C=O) groups is 1. The van der Waals surface area contributed by atoms with Crippen LogP contribution < -0.4 is 9.64 Å². The number of anilines is 1. The summed E-state index contributed by atoms with van der Waals surface area (Å²) in [6.45, 7) is 4.82. The highest BCUT2D eigenvalue weighted by atomic mass is 16.5. The molecule has 0 spiro atoms. The number of carbonyl (C=O) groups excluding carboxylic acids is 1. The number of amides is 1. The topological polar surface area (TPSA) is 45.9 Å². The predicted octanol–water partition coefficient (Wildman–Crippen LogP) is 4.91. The average Bonchev–Trinajstić information content (AvgIpc) is 3.29. The molecular weight excluding hydrogens is 376 g/mol. The normalized spacial score (nSPS) is 15.1. The van der Waals surface area contributed by atoms with E-state index in [4.69, 9.17) is 9.15 Å². The van der Waals surface area contributed by atoms with Crippen molar-refractivity contribution in [1.29, 1.82) is 0 Å². The zero-order chi connectivity index (χ0) is 20.9. The third-order valence-corrected chi connectivity index (χ3v) is 5.78. The molecule has 0 N–H and O–H groups in total. The number of rotatable bonds is 6. The Bertz CT molecular complexity index is 941. The largest absolute Gasteiger partial charge is 0.497 e. The van der Waals surface area contributed by atoms with Gasteiger partial charge >= 0.3 is 0 Å². The van der Waals surface area contributed by atoms with Crippen molar-refractivity contribution in [1.82, 2.24) is 4.90 Å². The second-order valence-electron chi connectivity index (χ2n) is 7.88. The minimum absolute atomic E-state index is 0.0495. The Morgan fingerprint density at radius 1 is 1.07 bits per heavy atom.